The smallest absolute Gasteiger partial charge is 0.358 e. The van der Waals surface area contributed by atoms with E-state index in [1.807, 2.05) is 0 Å². The fourth-order valence-corrected chi connectivity index (χ4v) is 4.31. The Labute approximate surface area is 242 Å². The molecule has 0 aliphatic rings. The van der Waals surface area contributed by atoms with Gasteiger partial charge in [0.1, 0.15) is 11.4 Å². The lowest BCUT2D eigenvalue weighted by Gasteiger charge is -2.18. The third-order valence-electron chi connectivity index (χ3n) is 6.41. The van der Waals surface area contributed by atoms with Gasteiger partial charge in [0, 0.05) is 22.3 Å². The van der Waals surface area contributed by atoms with Gasteiger partial charge in [0.25, 0.3) is 0 Å². The van der Waals surface area contributed by atoms with Crippen LogP contribution >= 0.6 is 0 Å². The second-order valence-corrected chi connectivity index (χ2v) is 9.26. The molecule has 1 heterocycles. The summed E-state index contributed by atoms with van der Waals surface area (Å²) >= 11 is 0. The van der Waals surface area contributed by atoms with Crippen molar-refractivity contribution in [3.63, 3.8) is 0 Å². The summed E-state index contributed by atoms with van der Waals surface area (Å²) in [6.45, 7) is 0. The Morgan fingerprint density at radius 2 is 0.762 bits per heavy atom. The van der Waals surface area contributed by atoms with Gasteiger partial charge in [-0.3, -0.25) is 9.59 Å². The molecule has 206 valence electrons. The van der Waals surface area contributed by atoms with E-state index in [0.29, 0.717) is 22.3 Å². The Kier molecular flexibility index (Phi) is 8.70. The Morgan fingerprint density at radius 1 is 0.429 bits per heavy atom. The molecule has 4 aromatic carbocycles. The molecule has 7 heteroatoms. The molecular formula is C35H25NO6. The minimum absolute atomic E-state index is 0.197. The second kappa shape index (κ2) is 13.1. The first-order chi connectivity index (χ1) is 20.5. The lowest BCUT2D eigenvalue weighted by atomic mass is 10.00. The zero-order valence-corrected chi connectivity index (χ0v) is 22.3. The van der Waals surface area contributed by atoms with Crippen LogP contribution in [0.1, 0.15) is 65.0 Å². The quantitative estimate of drug-likeness (QED) is 0.141. The van der Waals surface area contributed by atoms with Gasteiger partial charge in [0.2, 0.25) is 11.6 Å². The van der Waals surface area contributed by atoms with Gasteiger partial charge in [-0.25, -0.2) is 14.6 Å². The van der Waals surface area contributed by atoms with Crippen LogP contribution in [0.3, 0.4) is 0 Å². The summed E-state index contributed by atoms with van der Waals surface area (Å²) in [7, 11) is 0. The number of hydrogen-bond donors (Lipinski definition) is 0. The maximum absolute atomic E-state index is 13.3. The van der Waals surface area contributed by atoms with Crippen LogP contribution in [0.15, 0.2) is 140 Å². The van der Waals surface area contributed by atoms with Crippen molar-refractivity contribution in [1.29, 1.82) is 0 Å². The second-order valence-electron chi connectivity index (χ2n) is 9.26. The van der Waals surface area contributed by atoms with Crippen LogP contribution in [0, 0.1) is 0 Å². The van der Waals surface area contributed by atoms with Crippen molar-refractivity contribution in [2.45, 2.75) is 12.2 Å². The normalized spacial score (nSPS) is 12.0. The number of rotatable bonds is 10. The first kappa shape index (κ1) is 27.9. The van der Waals surface area contributed by atoms with Gasteiger partial charge in [0.05, 0.1) is 0 Å². The molecular weight excluding hydrogens is 530 g/mol. The van der Waals surface area contributed by atoms with E-state index in [-0.39, 0.29) is 11.4 Å². The molecule has 0 aliphatic heterocycles. The van der Waals surface area contributed by atoms with Gasteiger partial charge in [-0.15, -0.1) is 0 Å². The highest BCUT2D eigenvalue weighted by Gasteiger charge is 2.29. The molecule has 42 heavy (non-hydrogen) atoms. The molecule has 0 fully saturated rings. The van der Waals surface area contributed by atoms with Gasteiger partial charge < -0.3 is 9.47 Å². The molecule has 5 aromatic rings. The van der Waals surface area contributed by atoms with Crippen molar-refractivity contribution in [3.8, 4) is 0 Å². The number of hydrogen-bond acceptors (Lipinski definition) is 7. The SMILES string of the molecule is O=C(OC(C(=O)c1ccccc1)c1ccccc1)c1cccc(C(=O)OC(C(=O)c2ccccc2)c2ccccc2)n1. The number of pyridine rings is 1. The van der Waals surface area contributed by atoms with Gasteiger partial charge >= 0.3 is 11.9 Å². The number of Topliss-reactive ketones (excluding diaryl/α,β-unsaturated/α-hetero) is 2. The van der Waals surface area contributed by atoms with Crippen molar-refractivity contribution in [2.24, 2.45) is 0 Å². The first-order valence-electron chi connectivity index (χ1n) is 13.2. The predicted octanol–water partition coefficient (Wildman–Crippen LogP) is 6.64. The van der Waals surface area contributed by atoms with E-state index in [4.69, 9.17) is 9.47 Å². The van der Waals surface area contributed by atoms with Crippen LogP contribution in [0.5, 0.6) is 0 Å². The molecule has 2 atom stereocenters. The standard InChI is InChI=1S/C35H25NO6/c37-30(24-14-5-1-6-15-24)32(26-18-9-3-10-19-26)41-34(39)28-22-13-23-29(36-28)35(40)42-33(27-20-11-4-12-21-27)31(38)25-16-7-2-8-17-25/h1-23,32-33H. The summed E-state index contributed by atoms with van der Waals surface area (Å²) < 4.78 is 11.3. The zero-order valence-electron chi connectivity index (χ0n) is 22.3. The molecule has 0 radical (unpaired) electrons. The average molecular weight is 556 g/mol. The molecule has 0 amide bonds. The molecule has 0 spiro atoms. The highest BCUT2D eigenvalue weighted by molar-refractivity contribution is 6.03. The van der Waals surface area contributed by atoms with E-state index in [2.05, 4.69) is 4.98 Å². The minimum atomic E-state index is -1.23. The average Bonchev–Trinajstić information content (AvgIpc) is 3.07. The topological polar surface area (TPSA) is 99.6 Å². The van der Waals surface area contributed by atoms with Crippen LogP contribution < -0.4 is 0 Å². The number of carbonyl (C=O) groups is 4. The van der Waals surface area contributed by atoms with E-state index in [1.54, 1.807) is 121 Å². The number of carbonyl (C=O) groups excluding carboxylic acids is 4. The van der Waals surface area contributed by atoms with Gasteiger partial charge in [-0.1, -0.05) is 127 Å². The largest absolute Gasteiger partial charge is 0.444 e. The number of ketones is 2. The van der Waals surface area contributed by atoms with Gasteiger partial charge in [-0.2, -0.15) is 0 Å². The van der Waals surface area contributed by atoms with Gasteiger partial charge in [0.15, 0.2) is 12.2 Å². The molecule has 5 rings (SSSR count). The molecule has 0 bridgehead atoms. The van der Waals surface area contributed by atoms with Crippen LogP contribution in [-0.4, -0.2) is 28.5 Å². The third-order valence-corrected chi connectivity index (χ3v) is 6.41. The molecule has 0 saturated carbocycles. The number of nitrogens with zero attached hydrogens (tertiary/aromatic N) is 1. The maximum atomic E-state index is 13.3. The summed E-state index contributed by atoms with van der Waals surface area (Å²) in [5, 5.41) is 0. The third kappa shape index (κ3) is 6.54. The van der Waals surface area contributed by atoms with E-state index >= 15 is 0 Å². The van der Waals surface area contributed by atoms with Crippen LogP contribution in [0.4, 0.5) is 0 Å². The summed E-state index contributed by atoms with van der Waals surface area (Å²) in [4.78, 5) is 57.3. The summed E-state index contributed by atoms with van der Waals surface area (Å²) in [5.74, 6) is -2.61. The van der Waals surface area contributed by atoms with E-state index in [9.17, 15) is 19.2 Å². The maximum Gasteiger partial charge on any atom is 0.358 e. The molecule has 0 N–H and O–H groups in total. The van der Waals surface area contributed by atoms with Crippen LogP contribution in [0.2, 0.25) is 0 Å². The van der Waals surface area contributed by atoms with Gasteiger partial charge in [-0.05, 0) is 12.1 Å². The summed E-state index contributed by atoms with van der Waals surface area (Å²) in [6.07, 6.45) is -2.46. The number of aromatic nitrogens is 1. The monoisotopic (exact) mass is 555 g/mol. The lowest BCUT2D eigenvalue weighted by Crippen LogP contribution is -2.23. The number of ether oxygens (including phenoxy) is 2. The Morgan fingerprint density at radius 3 is 1.12 bits per heavy atom. The molecule has 0 saturated heterocycles. The Hall–Kier alpha value is -5.69. The Bertz CT molecular complexity index is 1570. The first-order valence-corrected chi connectivity index (χ1v) is 13.2. The Balaban J connectivity index is 1.38. The molecule has 7 nitrogen and oxygen atoms in total. The highest BCUT2D eigenvalue weighted by atomic mass is 16.6. The number of benzene rings is 4. The van der Waals surface area contributed by atoms with Crippen molar-refractivity contribution in [1.82, 2.24) is 4.98 Å². The highest BCUT2D eigenvalue weighted by Crippen LogP contribution is 2.26. The molecule has 2 unspecified atom stereocenters. The van der Waals surface area contributed by atoms with Crippen LogP contribution in [0.25, 0.3) is 0 Å². The van der Waals surface area contributed by atoms with Crippen LogP contribution in [-0.2, 0) is 9.47 Å². The molecule has 1 aromatic heterocycles. The molecule has 0 aliphatic carbocycles. The predicted molar refractivity (Wildman–Crippen MR) is 155 cm³/mol. The van der Waals surface area contributed by atoms with Crippen molar-refractivity contribution in [3.05, 3.63) is 173 Å². The zero-order chi connectivity index (χ0) is 29.3. The summed E-state index contributed by atoms with van der Waals surface area (Å²) in [5.41, 5.74) is 1.33. The minimum Gasteiger partial charge on any atom is -0.444 e. The van der Waals surface area contributed by atoms with E-state index < -0.39 is 35.7 Å². The fraction of sp³-hybridized carbons (Fsp3) is 0.0571. The lowest BCUT2D eigenvalue weighted by molar-refractivity contribution is 0.0261. The number of esters is 2. The van der Waals surface area contributed by atoms with E-state index in [0.717, 1.165) is 0 Å². The van der Waals surface area contributed by atoms with Crippen molar-refractivity contribution < 1.29 is 28.7 Å². The summed E-state index contributed by atoms with van der Waals surface area (Å²) in [6, 6.07) is 38.5. The van der Waals surface area contributed by atoms with Crippen molar-refractivity contribution >= 4 is 23.5 Å². The van der Waals surface area contributed by atoms with E-state index in [1.165, 1.54) is 18.2 Å². The van der Waals surface area contributed by atoms with Crippen molar-refractivity contribution in [2.75, 3.05) is 0 Å². The fourth-order valence-electron chi connectivity index (χ4n) is 4.31.